The van der Waals surface area contributed by atoms with E-state index >= 15 is 0 Å². The predicted molar refractivity (Wildman–Crippen MR) is 99.4 cm³/mol. The lowest BCUT2D eigenvalue weighted by molar-refractivity contribution is 0.161. The van der Waals surface area contributed by atoms with Crippen LogP contribution in [0.3, 0.4) is 0 Å². The third kappa shape index (κ3) is 6.11. The van der Waals surface area contributed by atoms with Gasteiger partial charge in [0.15, 0.2) is 5.96 Å². The molecule has 0 radical (unpaired) electrons. The normalized spacial score (nSPS) is 19.8. The molecule has 1 atom stereocenters. The van der Waals surface area contributed by atoms with E-state index in [0.29, 0.717) is 6.04 Å². The molecule has 1 aliphatic rings. The fourth-order valence-electron chi connectivity index (χ4n) is 3.03. The molecule has 1 saturated heterocycles. The first-order valence-corrected chi connectivity index (χ1v) is 9.72. The summed E-state index contributed by atoms with van der Waals surface area (Å²) in [5, 5.41) is 7.98. The van der Waals surface area contributed by atoms with Crippen LogP contribution >= 0.6 is 11.3 Å². The van der Waals surface area contributed by atoms with Gasteiger partial charge in [-0.15, -0.1) is 11.3 Å². The molecule has 6 heteroatoms. The third-order valence-electron chi connectivity index (χ3n) is 4.26. The first-order valence-electron chi connectivity index (χ1n) is 8.90. The lowest BCUT2D eigenvalue weighted by Crippen LogP contribution is -2.43. The molecule has 1 aliphatic heterocycles. The molecule has 1 unspecified atom stereocenters. The fraction of sp³-hybridized carbons (Fsp3) is 0.765. The molecule has 0 spiro atoms. The number of hydrogen-bond acceptors (Lipinski definition) is 4. The number of likely N-dealkylation sites (N-methyl/N-ethyl adjacent to an activating group) is 1. The van der Waals surface area contributed by atoms with Crippen molar-refractivity contribution in [2.75, 3.05) is 32.7 Å². The van der Waals surface area contributed by atoms with E-state index in [4.69, 9.17) is 4.99 Å². The van der Waals surface area contributed by atoms with Crippen molar-refractivity contribution in [3.63, 3.8) is 0 Å². The first-order chi connectivity index (χ1) is 11.2. The standard InChI is InChI=1S/C17H31N5S/c1-4-18-17(19-10-9-16-20-12-14(3)23-16)21-13-15-8-6-7-11-22(15)5-2/h12,15H,4-11,13H2,1-3H3,(H2,18,19,21). The Balaban J connectivity index is 1.81. The van der Waals surface area contributed by atoms with Crippen LogP contribution in [0.25, 0.3) is 0 Å². The maximum absolute atomic E-state index is 4.81. The summed E-state index contributed by atoms with van der Waals surface area (Å²) in [6.07, 6.45) is 6.84. The van der Waals surface area contributed by atoms with E-state index in [1.165, 1.54) is 35.7 Å². The number of aromatic nitrogens is 1. The van der Waals surface area contributed by atoms with Gasteiger partial charge in [0.05, 0.1) is 11.6 Å². The van der Waals surface area contributed by atoms with Gasteiger partial charge in [0, 0.05) is 36.6 Å². The molecular weight excluding hydrogens is 306 g/mol. The lowest BCUT2D eigenvalue weighted by Gasteiger charge is -2.33. The third-order valence-corrected chi connectivity index (χ3v) is 5.23. The highest BCUT2D eigenvalue weighted by Crippen LogP contribution is 2.16. The summed E-state index contributed by atoms with van der Waals surface area (Å²) in [5.74, 6) is 0.933. The van der Waals surface area contributed by atoms with Gasteiger partial charge in [-0.2, -0.15) is 0 Å². The second-order valence-corrected chi connectivity index (χ2v) is 7.36. The number of nitrogens with zero attached hydrogens (tertiary/aromatic N) is 3. The molecule has 0 saturated carbocycles. The first kappa shape index (κ1) is 18.2. The van der Waals surface area contributed by atoms with Crippen LogP contribution in [-0.4, -0.2) is 54.6 Å². The monoisotopic (exact) mass is 337 g/mol. The van der Waals surface area contributed by atoms with Crippen molar-refractivity contribution in [2.45, 2.75) is 52.5 Å². The Bertz CT molecular complexity index is 485. The van der Waals surface area contributed by atoms with Crippen LogP contribution < -0.4 is 10.6 Å². The molecule has 0 aliphatic carbocycles. The Labute approximate surface area is 144 Å². The van der Waals surface area contributed by atoms with Crippen molar-refractivity contribution in [2.24, 2.45) is 4.99 Å². The molecule has 0 amide bonds. The Hall–Kier alpha value is -1.14. The minimum Gasteiger partial charge on any atom is -0.357 e. The Morgan fingerprint density at radius 1 is 1.39 bits per heavy atom. The Morgan fingerprint density at radius 3 is 2.96 bits per heavy atom. The number of aliphatic imine (C=N–C) groups is 1. The van der Waals surface area contributed by atoms with E-state index in [1.54, 1.807) is 11.3 Å². The number of likely N-dealkylation sites (tertiary alicyclic amines) is 1. The topological polar surface area (TPSA) is 52.6 Å². The largest absolute Gasteiger partial charge is 0.357 e. The van der Waals surface area contributed by atoms with Crippen LogP contribution in [0.4, 0.5) is 0 Å². The van der Waals surface area contributed by atoms with E-state index in [2.05, 4.69) is 41.3 Å². The van der Waals surface area contributed by atoms with Gasteiger partial charge in [-0.05, 0) is 39.8 Å². The zero-order chi connectivity index (χ0) is 16.5. The summed E-state index contributed by atoms with van der Waals surface area (Å²) >= 11 is 1.77. The highest BCUT2D eigenvalue weighted by atomic mass is 32.1. The van der Waals surface area contributed by atoms with Crippen molar-refractivity contribution in [1.82, 2.24) is 20.5 Å². The maximum Gasteiger partial charge on any atom is 0.191 e. The maximum atomic E-state index is 4.81. The van der Waals surface area contributed by atoms with Gasteiger partial charge in [-0.3, -0.25) is 9.89 Å². The summed E-state index contributed by atoms with van der Waals surface area (Å²) in [7, 11) is 0. The summed E-state index contributed by atoms with van der Waals surface area (Å²) < 4.78 is 0. The number of thiazole rings is 1. The number of hydrogen-bond donors (Lipinski definition) is 2. The van der Waals surface area contributed by atoms with Crippen molar-refractivity contribution >= 4 is 17.3 Å². The lowest BCUT2D eigenvalue weighted by atomic mass is 10.0. The average Bonchev–Trinajstić information content (AvgIpc) is 2.98. The summed E-state index contributed by atoms with van der Waals surface area (Å²) in [6, 6.07) is 0.603. The molecule has 1 aromatic heterocycles. The zero-order valence-electron chi connectivity index (χ0n) is 14.8. The molecule has 130 valence electrons. The van der Waals surface area contributed by atoms with Crippen molar-refractivity contribution in [3.8, 4) is 0 Å². The van der Waals surface area contributed by atoms with Gasteiger partial charge in [0.1, 0.15) is 0 Å². The Kier molecular flexibility index (Phi) is 7.82. The van der Waals surface area contributed by atoms with Gasteiger partial charge >= 0.3 is 0 Å². The minimum absolute atomic E-state index is 0.603. The van der Waals surface area contributed by atoms with Gasteiger partial charge in [-0.1, -0.05) is 13.3 Å². The zero-order valence-corrected chi connectivity index (χ0v) is 15.6. The number of piperidine rings is 1. The SMILES string of the molecule is CCNC(=NCC1CCCCN1CC)NCCc1ncc(C)s1. The summed E-state index contributed by atoms with van der Waals surface area (Å²) in [6.45, 7) is 11.5. The van der Waals surface area contributed by atoms with Crippen molar-refractivity contribution < 1.29 is 0 Å². The molecule has 1 fully saturated rings. The number of nitrogens with one attached hydrogen (secondary N) is 2. The number of guanidine groups is 1. The second kappa shape index (κ2) is 9.88. The minimum atomic E-state index is 0.603. The predicted octanol–water partition coefficient (Wildman–Crippen LogP) is 2.42. The highest BCUT2D eigenvalue weighted by molar-refractivity contribution is 7.11. The quantitative estimate of drug-likeness (QED) is 0.593. The molecule has 1 aromatic rings. The van der Waals surface area contributed by atoms with Crippen LogP contribution in [0.5, 0.6) is 0 Å². The highest BCUT2D eigenvalue weighted by Gasteiger charge is 2.20. The fourth-order valence-corrected chi connectivity index (χ4v) is 3.81. The number of aryl methyl sites for hydroxylation is 1. The van der Waals surface area contributed by atoms with E-state index < -0.39 is 0 Å². The molecule has 5 nitrogen and oxygen atoms in total. The molecule has 0 aromatic carbocycles. The van der Waals surface area contributed by atoms with E-state index in [-0.39, 0.29) is 0 Å². The van der Waals surface area contributed by atoms with Crippen LogP contribution in [0, 0.1) is 6.92 Å². The van der Waals surface area contributed by atoms with Crippen LogP contribution in [-0.2, 0) is 6.42 Å². The molecule has 0 bridgehead atoms. The van der Waals surface area contributed by atoms with Gasteiger partial charge in [-0.25, -0.2) is 4.98 Å². The van der Waals surface area contributed by atoms with Gasteiger partial charge < -0.3 is 10.6 Å². The van der Waals surface area contributed by atoms with Gasteiger partial charge in [0.2, 0.25) is 0 Å². The molecule has 2 rings (SSSR count). The second-order valence-electron chi connectivity index (χ2n) is 6.04. The molecular formula is C17H31N5S. The summed E-state index contributed by atoms with van der Waals surface area (Å²) in [4.78, 5) is 13.1. The van der Waals surface area contributed by atoms with Crippen LogP contribution in [0.15, 0.2) is 11.2 Å². The Morgan fingerprint density at radius 2 is 2.26 bits per heavy atom. The van der Waals surface area contributed by atoms with Crippen molar-refractivity contribution in [1.29, 1.82) is 0 Å². The summed E-state index contributed by atoms with van der Waals surface area (Å²) in [5.41, 5.74) is 0. The van der Waals surface area contributed by atoms with E-state index in [0.717, 1.165) is 38.6 Å². The smallest absolute Gasteiger partial charge is 0.191 e. The van der Waals surface area contributed by atoms with Crippen LogP contribution in [0.1, 0.15) is 43.0 Å². The van der Waals surface area contributed by atoms with E-state index in [1.807, 2.05) is 6.20 Å². The van der Waals surface area contributed by atoms with Gasteiger partial charge in [0.25, 0.3) is 0 Å². The molecule has 2 N–H and O–H groups in total. The molecule has 23 heavy (non-hydrogen) atoms. The number of rotatable bonds is 7. The average molecular weight is 338 g/mol. The van der Waals surface area contributed by atoms with Crippen molar-refractivity contribution in [3.05, 3.63) is 16.1 Å². The molecule has 2 heterocycles. The van der Waals surface area contributed by atoms with Crippen LogP contribution in [0.2, 0.25) is 0 Å². The van der Waals surface area contributed by atoms with E-state index in [9.17, 15) is 0 Å².